The van der Waals surface area contributed by atoms with Gasteiger partial charge in [-0.1, -0.05) is 31.5 Å². The number of fused-ring (bicyclic) bond motifs is 1. The van der Waals surface area contributed by atoms with E-state index < -0.39 is 0 Å². The number of anilines is 1. The van der Waals surface area contributed by atoms with Gasteiger partial charge in [-0.2, -0.15) is 0 Å². The van der Waals surface area contributed by atoms with Gasteiger partial charge in [-0.05, 0) is 62.4 Å². The van der Waals surface area contributed by atoms with Gasteiger partial charge >= 0.3 is 0 Å². The number of nitrogens with zero attached hydrogens (tertiary/aromatic N) is 1. The highest BCUT2D eigenvalue weighted by molar-refractivity contribution is 6.00. The standard InChI is InChI=1S/C26H33NO4/c1-17(2)16-27(23-7-5-18(3)13-19(23)4)31-21-6-8-25-22(14-21)24(28)15-26(30-25)20-9-11-29-12-10-20/h5-8,13-14,17,20,26H,9-12,15-16H2,1-4H3. The minimum Gasteiger partial charge on any atom is -0.489 e. The van der Waals surface area contributed by atoms with E-state index in [-0.39, 0.29) is 11.9 Å². The largest absolute Gasteiger partial charge is 0.489 e. The van der Waals surface area contributed by atoms with Gasteiger partial charge in [0.05, 0.1) is 17.8 Å². The van der Waals surface area contributed by atoms with Crippen molar-refractivity contribution < 1.29 is 19.1 Å². The molecule has 5 nitrogen and oxygen atoms in total. The van der Waals surface area contributed by atoms with E-state index in [1.807, 2.05) is 23.3 Å². The molecule has 2 aromatic carbocycles. The van der Waals surface area contributed by atoms with Crippen LogP contribution in [0.15, 0.2) is 36.4 Å². The smallest absolute Gasteiger partial charge is 0.170 e. The highest BCUT2D eigenvalue weighted by Crippen LogP contribution is 2.36. The molecule has 4 rings (SSSR count). The van der Waals surface area contributed by atoms with Crippen LogP contribution in [0.3, 0.4) is 0 Å². The Kier molecular flexibility index (Phi) is 6.51. The second-order valence-electron chi connectivity index (χ2n) is 9.23. The molecule has 1 unspecified atom stereocenters. The molecule has 0 spiro atoms. The SMILES string of the molecule is Cc1ccc(N(CC(C)C)Oc2ccc3c(c2)C(=O)CC(C2CCOCC2)O3)c(C)c1. The molecule has 1 fully saturated rings. The number of ketones is 1. The fourth-order valence-electron chi connectivity index (χ4n) is 4.46. The van der Waals surface area contributed by atoms with Gasteiger partial charge in [0.1, 0.15) is 11.9 Å². The summed E-state index contributed by atoms with van der Waals surface area (Å²) in [5, 5.41) is 1.93. The highest BCUT2D eigenvalue weighted by Gasteiger charge is 2.33. The van der Waals surface area contributed by atoms with Crippen LogP contribution in [0, 0.1) is 25.7 Å². The van der Waals surface area contributed by atoms with Gasteiger partial charge in [0.15, 0.2) is 11.5 Å². The second kappa shape index (κ2) is 9.31. The molecule has 2 aliphatic rings. The molecule has 0 radical (unpaired) electrons. The number of benzene rings is 2. The molecule has 2 heterocycles. The second-order valence-corrected chi connectivity index (χ2v) is 9.23. The molecule has 166 valence electrons. The third-order valence-electron chi connectivity index (χ3n) is 6.08. The van der Waals surface area contributed by atoms with Gasteiger partial charge < -0.3 is 14.3 Å². The number of rotatable bonds is 6. The quantitative estimate of drug-likeness (QED) is 0.573. The van der Waals surface area contributed by atoms with Crippen LogP contribution in [0.1, 0.15) is 54.6 Å². The van der Waals surface area contributed by atoms with Crippen molar-refractivity contribution in [2.45, 2.75) is 53.1 Å². The molecule has 5 heteroatoms. The van der Waals surface area contributed by atoms with Crippen LogP contribution in [0.25, 0.3) is 0 Å². The predicted octanol–water partition coefficient (Wildman–Crippen LogP) is 5.52. The van der Waals surface area contributed by atoms with E-state index in [4.69, 9.17) is 14.3 Å². The summed E-state index contributed by atoms with van der Waals surface area (Å²) in [6.45, 7) is 10.8. The van der Waals surface area contributed by atoms with E-state index in [0.717, 1.165) is 43.9 Å². The first-order valence-corrected chi connectivity index (χ1v) is 11.3. The lowest BCUT2D eigenvalue weighted by Gasteiger charge is -2.34. The van der Waals surface area contributed by atoms with Crippen molar-refractivity contribution in [2.75, 3.05) is 24.8 Å². The molecule has 1 saturated heterocycles. The van der Waals surface area contributed by atoms with Gasteiger partial charge in [-0.15, -0.1) is 0 Å². The van der Waals surface area contributed by atoms with Crippen molar-refractivity contribution in [3.63, 3.8) is 0 Å². The fraction of sp³-hybridized carbons (Fsp3) is 0.500. The summed E-state index contributed by atoms with van der Waals surface area (Å²) in [7, 11) is 0. The normalized spacial score (nSPS) is 19.1. The minimum absolute atomic E-state index is 0.0525. The Bertz CT molecular complexity index is 933. The number of carbonyl (C=O) groups is 1. The number of hydroxylamine groups is 1. The zero-order valence-electron chi connectivity index (χ0n) is 19.0. The Morgan fingerprint density at radius 3 is 2.58 bits per heavy atom. The number of aryl methyl sites for hydroxylation is 2. The summed E-state index contributed by atoms with van der Waals surface area (Å²) in [4.78, 5) is 19.2. The Morgan fingerprint density at radius 1 is 1.10 bits per heavy atom. The third-order valence-corrected chi connectivity index (χ3v) is 6.08. The summed E-state index contributed by atoms with van der Waals surface area (Å²) in [6.07, 6.45) is 2.28. The molecule has 2 aromatic rings. The molecular weight excluding hydrogens is 390 g/mol. The molecule has 1 atom stereocenters. The first-order valence-electron chi connectivity index (χ1n) is 11.3. The van der Waals surface area contributed by atoms with E-state index in [0.29, 0.717) is 35.3 Å². The molecule has 31 heavy (non-hydrogen) atoms. The van der Waals surface area contributed by atoms with Gasteiger partial charge in [-0.3, -0.25) is 4.79 Å². The van der Waals surface area contributed by atoms with Crippen LogP contribution in [-0.2, 0) is 4.74 Å². The molecule has 2 aliphatic heterocycles. The number of hydrogen-bond acceptors (Lipinski definition) is 5. The lowest BCUT2D eigenvalue weighted by molar-refractivity contribution is 0.0119. The maximum Gasteiger partial charge on any atom is 0.170 e. The van der Waals surface area contributed by atoms with Crippen molar-refractivity contribution >= 4 is 11.5 Å². The van der Waals surface area contributed by atoms with Crippen LogP contribution >= 0.6 is 0 Å². The zero-order chi connectivity index (χ0) is 22.0. The topological polar surface area (TPSA) is 48.0 Å². The Labute approximate surface area is 185 Å². The highest BCUT2D eigenvalue weighted by atomic mass is 16.7. The van der Waals surface area contributed by atoms with E-state index in [1.54, 1.807) is 0 Å². The summed E-state index contributed by atoms with van der Waals surface area (Å²) >= 11 is 0. The summed E-state index contributed by atoms with van der Waals surface area (Å²) in [5.74, 6) is 2.25. The van der Waals surface area contributed by atoms with E-state index in [2.05, 4.69) is 45.9 Å². The number of ether oxygens (including phenoxy) is 2. The maximum absolute atomic E-state index is 12.9. The molecule has 0 aliphatic carbocycles. The summed E-state index contributed by atoms with van der Waals surface area (Å²) < 4.78 is 11.7. The number of carbonyl (C=O) groups excluding carboxylic acids is 1. The predicted molar refractivity (Wildman–Crippen MR) is 122 cm³/mol. The first-order chi connectivity index (χ1) is 14.9. The minimum atomic E-state index is -0.0525. The van der Waals surface area contributed by atoms with Crippen molar-refractivity contribution in [1.82, 2.24) is 0 Å². The van der Waals surface area contributed by atoms with Crippen LogP contribution < -0.4 is 14.6 Å². The van der Waals surface area contributed by atoms with Crippen LogP contribution in [0.2, 0.25) is 0 Å². The zero-order valence-corrected chi connectivity index (χ0v) is 19.0. The van der Waals surface area contributed by atoms with Crippen LogP contribution in [0.5, 0.6) is 11.5 Å². The third kappa shape index (κ3) is 5.04. The molecule has 0 N–H and O–H groups in total. The van der Waals surface area contributed by atoms with E-state index in [1.165, 1.54) is 5.56 Å². The van der Waals surface area contributed by atoms with Crippen molar-refractivity contribution in [3.05, 3.63) is 53.1 Å². The average molecular weight is 424 g/mol. The van der Waals surface area contributed by atoms with E-state index in [9.17, 15) is 4.79 Å². The fourth-order valence-corrected chi connectivity index (χ4v) is 4.46. The number of Topliss-reactive ketones (excluding diaryl/α,β-unsaturated/α-hetero) is 1. The van der Waals surface area contributed by atoms with Gasteiger partial charge in [0, 0.05) is 25.6 Å². The number of hydrogen-bond donors (Lipinski definition) is 0. The summed E-state index contributed by atoms with van der Waals surface area (Å²) in [5.41, 5.74) is 4.05. The lowest BCUT2D eigenvalue weighted by atomic mass is 9.87. The Hall–Kier alpha value is -2.53. The Morgan fingerprint density at radius 2 is 1.87 bits per heavy atom. The molecule has 0 bridgehead atoms. The van der Waals surface area contributed by atoms with Crippen molar-refractivity contribution in [1.29, 1.82) is 0 Å². The van der Waals surface area contributed by atoms with Crippen LogP contribution in [-0.4, -0.2) is 31.6 Å². The van der Waals surface area contributed by atoms with Crippen molar-refractivity contribution in [2.24, 2.45) is 11.8 Å². The van der Waals surface area contributed by atoms with Crippen molar-refractivity contribution in [3.8, 4) is 11.5 Å². The first kappa shape index (κ1) is 21.7. The maximum atomic E-state index is 12.9. The monoisotopic (exact) mass is 423 g/mol. The molecule has 0 amide bonds. The average Bonchev–Trinajstić information content (AvgIpc) is 2.74. The molecule has 0 saturated carbocycles. The van der Waals surface area contributed by atoms with Gasteiger partial charge in [0.25, 0.3) is 0 Å². The van der Waals surface area contributed by atoms with Gasteiger partial charge in [-0.25, -0.2) is 5.06 Å². The molecular formula is C26H33NO4. The van der Waals surface area contributed by atoms with Gasteiger partial charge in [0.2, 0.25) is 0 Å². The molecule has 0 aromatic heterocycles. The van der Waals surface area contributed by atoms with E-state index >= 15 is 0 Å². The summed E-state index contributed by atoms with van der Waals surface area (Å²) in [6, 6.07) is 12.0. The lowest BCUT2D eigenvalue weighted by Crippen LogP contribution is -2.37. The van der Waals surface area contributed by atoms with Crippen LogP contribution in [0.4, 0.5) is 5.69 Å². The Balaban J connectivity index is 1.54.